The molecule has 1 aliphatic rings. The Morgan fingerprint density at radius 1 is 1.33 bits per heavy atom. The molecule has 0 aliphatic carbocycles. The minimum Gasteiger partial charge on any atom is -0.541 e. The van der Waals surface area contributed by atoms with E-state index in [-0.39, 0.29) is 57.1 Å². The molecule has 1 aromatic rings. The zero-order valence-corrected chi connectivity index (χ0v) is 11.6. The van der Waals surface area contributed by atoms with Crippen molar-refractivity contribution in [3.8, 4) is 5.75 Å². The van der Waals surface area contributed by atoms with E-state index in [2.05, 4.69) is 0 Å². The smallest absolute Gasteiger partial charge is 0.541 e. The summed E-state index contributed by atoms with van der Waals surface area (Å²) in [6.45, 7) is 0. The number of rotatable bonds is 3. The maximum Gasteiger partial charge on any atom is 1.00 e. The van der Waals surface area contributed by atoms with Crippen molar-refractivity contribution in [3.05, 3.63) is 35.6 Å². The van der Waals surface area contributed by atoms with Crippen LogP contribution in [-0.4, -0.2) is 13.1 Å². The summed E-state index contributed by atoms with van der Waals surface area (Å²) >= 11 is 0. The van der Waals surface area contributed by atoms with Crippen LogP contribution in [0.3, 0.4) is 0 Å². The zero-order chi connectivity index (χ0) is 10.1. The number of methoxy groups -OCH3 is 1. The zero-order valence-electron chi connectivity index (χ0n) is 8.44. The molecule has 1 heterocycles. The number of ether oxygens (including phenoxy) is 2. The van der Waals surface area contributed by atoms with Crippen LogP contribution >= 0.6 is 0 Å². The summed E-state index contributed by atoms with van der Waals surface area (Å²) in [5.41, 5.74) is 0.713. The Balaban J connectivity index is 0.00000112. The molecule has 0 atom stereocenters. The van der Waals surface area contributed by atoms with Crippen LogP contribution in [0.4, 0.5) is 0 Å². The standard InChI is InChI=1S/C10H8O4.K/c1-13-7-4-2-6(3-5-7)8-9(14-8)10(11)12;/h2-5H,1H3,(H,11,12);/q;+1/p-1. The van der Waals surface area contributed by atoms with Gasteiger partial charge in [0.25, 0.3) is 0 Å². The summed E-state index contributed by atoms with van der Waals surface area (Å²) < 4.78 is 9.73. The quantitative estimate of drug-likeness (QED) is 0.524. The second-order valence-electron chi connectivity index (χ2n) is 2.78. The van der Waals surface area contributed by atoms with E-state index in [1.165, 1.54) is 0 Å². The molecule has 0 bridgehead atoms. The van der Waals surface area contributed by atoms with Gasteiger partial charge in [0, 0.05) is 5.56 Å². The van der Waals surface area contributed by atoms with Crippen LogP contribution in [0.2, 0.25) is 0 Å². The van der Waals surface area contributed by atoms with Gasteiger partial charge in [-0.05, 0) is 24.3 Å². The first-order chi connectivity index (χ1) is 6.72. The molecule has 0 unspecified atom stereocenters. The van der Waals surface area contributed by atoms with Gasteiger partial charge in [-0.15, -0.1) is 0 Å². The van der Waals surface area contributed by atoms with E-state index in [1.807, 2.05) is 0 Å². The summed E-state index contributed by atoms with van der Waals surface area (Å²) in [7, 11) is 1.56. The van der Waals surface area contributed by atoms with Crippen molar-refractivity contribution in [3.63, 3.8) is 0 Å². The number of aliphatic carboxylic acids is 1. The van der Waals surface area contributed by atoms with Crippen LogP contribution < -0.4 is 61.2 Å². The fourth-order valence-corrected chi connectivity index (χ4v) is 1.14. The SMILES string of the molecule is COc1ccc(C2=C(C(=O)[O-])O2)cc1.[K+]. The predicted octanol–water partition coefficient (Wildman–Crippen LogP) is -2.85. The molecule has 2 rings (SSSR count). The number of carbonyl (C=O) groups excluding carboxylic acids is 1. The maximum absolute atomic E-state index is 10.3. The number of carboxylic acid groups (broad SMARTS) is 1. The fraction of sp³-hybridized carbons (Fsp3) is 0.100. The predicted molar refractivity (Wildman–Crippen MR) is 46.0 cm³/mol. The minimum absolute atomic E-state index is 0. The van der Waals surface area contributed by atoms with Crippen LogP contribution in [0.1, 0.15) is 5.56 Å². The molecule has 4 nitrogen and oxygen atoms in total. The molecule has 72 valence electrons. The van der Waals surface area contributed by atoms with Crippen LogP contribution in [0.15, 0.2) is 30.0 Å². The van der Waals surface area contributed by atoms with E-state index in [0.717, 1.165) is 0 Å². The Morgan fingerprint density at radius 3 is 2.33 bits per heavy atom. The monoisotopic (exact) mass is 230 g/mol. The molecule has 0 fully saturated rings. The van der Waals surface area contributed by atoms with Crippen molar-refractivity contribution in [1.29, 1.82) is 0 Å². The van der Waals surface area contributed by atoms with Gasteiger partial charge in [0.2, 0.25) is 0 Å². The van der Waals surface area contributed by atoms with Gasteiger partial charge in [0.05, 0.1) is 7.11 Å². The topological polar surface area (TPSA) is 61.9 Å². The molecule has 0 saturated heterocycles. The Hall–Kier alpha value is -0.334. The number of hydrogen-bond acceptors (Lipinski definition) is 4. The number of carbonyl (C=O) groups is 1. The van der Waals surface area contributed by atoms with Crippen LogP contribution in [0.5, 0.6) is 5.75 Å². The average molecular weight is 230 g/mol. The van der Waals surface area contributed by atoms with E-state index in [1.54, 1.807) is 31.4 Å². The molecular formula is C10H7KO4. The fourth-order valence-electron chi connectivity index (χ4n) is 1.14. The van der Waals surface area contributed by atoms with E-state index in [4.69, 9.17) is 9.47 Å². The molecule has 0 radical (unpaired) electrons. The van der Waals surface area contributed by atoms with Crippen molar-refractivity contribution in [1.82, 2.24) is 0 Å². The van der Waals surface area contributed by atoms with Gasteiger partial charge in [-0.3, -0.25) is 0 Å². The first-order valence-electron chi connectivity index (χ1n) is 4.00. The van der Waals surface area contributed by atoms with E-state index in [9.17, 15) is 9.90 Å². The molecule has 0 saturated carbocycles. The summed E-state index contributed by atoms with van der Waals surface area (Å²) in [5, 5.41) is 10.3. The normalized spacial score (nSPS) is 12.6. The molecule has 0 aromatic heterocycles. The van der Waals surface area contributed by atoms with Gasteiger partial charge < -0.3 is 19.4 Å². The second kappa shape index (κ2) is 5.13. The Labute approximate surface area is 129 Å². The Kier molecular flexibility index (Phi) is 4.36. The Bertz CT molecular complexity index is 408. The molecule has 1 aromatic carbocycles. The average Bonchev–Trinajstić information content (AvgIpc) is 2.97. The maximum atomic E-state index is 10.3. The number of benzene rings is 1. The number of hydrogen-bond donors (Lipinski definition) is 0. The van der Waals surface area contributed by atoms with Crippen molar-refractivity contribution in [2.75, 3.05) is 7.11 Å². The van der Waals surface area contributed by atoms with Gasteiger partial charge >= 0.3 is 51.4 Å². The third kappa shape index (κ3) is 2.82. The third-order valence-corrected chi connectivity index (χ3v) is 1.91. The molecule has 0 spiro atoms. The van der Waals surface area contributed by atoms with E-state index in [0.29, 0.717) is 17.1 Å². The van der Waals surface area contributed by atoms with Gasteiger partial charge in [0.15, 0.2) is 11.5 Å². The van der Waals surface area contributed by atoms with Crippen LogP contribution in [0.25, 0.3) is 5.76 Å². The van der Waals surface area contributed by atoms with E-state index >= 15 is 0 Å². The second-order valence-corrected chi connectivity index (χ2v) is 2.78. The molecule has 5 heteroatoms. The van der Waals surface area contributed by atoms with Crippen molar-refractivity contribution < 1.29 is 70.8 Å². The molecular weight excluding hydrogens is 223 g/mol. The summed E-state index contributed by atoms with van der Waals surface area (Å²) in [5.74, 6) is -0.288. The van der Waals surface area contributed by atoms with Gasteiger partial charge in [-0.1, -0.05) is 0 Å². The molecule has 0 amide bonds. The first-order valence-corrected chi connectivity index (χ1v) is 4.00. The summed E-state index contributed by atoms with van der Waals surface area (Å²) in [6, 6.07) is 6.92. The van der Waals surface area contributed by atoms with Gasteiger partial charge in [0.1, 0.15) is 11.7 Å². The summed E-state index contributed by atoms with van der Waals surface area (Å²) in [4.78, 5) is 10.3. The van der Waals surface area contributed by atoms with Crippen molar-refractivity contribution in [2.45, 2.75) is 0 Å². The first kappa shape index (κ1) is 12.7. The van der Waals surface area contributed by atoms with Crippen LogP contribution in [0, 0.1) is 0 Å². The van der Waals surface area contributed by atoms with Gasteiger partial charge in [-0.2, -0.15) is 0 Å². The molecule has 15 heavy (non-hydrogen) atoms. The molecule has 0 N–H and O–H groups in total. The van der Waals surface area contributed by atoms with Crippen LogP contribution in [-0.2, 0) is 9.53 Å². The van der Waals surface area contributed by atoms with Crippen molar-refractivity contribution >= 4 is 11.7 Å². The number of carboxylic acids is 1. The van der Waals surface area contributed by atoms with E-state index < -0.39 is 5.97 Å². The summed E-state index contributed by atoms with van der Waals surface area (Å²) in [6.07, 6.45) is 0. The van der Waals surface area contributed by atoms with Crippen molar-refractivity contribution in [2.24, 2.45) is 0 Å². The molecule has 1 aliphatic heterocycles. The minimum atomic E-state index is -1.28. The largest absolute Gasteiger partial charge is 1.00 e. The third-order valence-electron chi connectivity index (χ3n) is 1.91. The van der Waals surface area contributed by atoms with Gasteiger partial charge in [-0.25, -0.2) is 0 Å². The Morgan fingerprint density at radius 2 is 1.93 bits per heavy atom.